The molecule has 18 heavy (non-hydrogen) atoms. The quantitative estimate of drug-likeness (QED) is 0.493. The average Bonchev–Trinajstić information content (AvgIpc) is 2.41. The zero-order valence-electron chi connectivity index (χ0n) is 9.36. The number of hydrogen-bond donors (Lipinski definition) is 0. The van der Waals surface area contributed by atoms with Gasteiger partial charge in [-0.15, -0.1) is 11.8 Å². The van der Waals surface area contributed by atoms with Crippen molar-refractivity contribution >= 4 is 50.3 Å². The maximum Gasteiger partial charge on any atom is 0.101 e. The number of rotatable bonds is 3. The Balaban J connectivity index is 2.25. The Hall–Kier alpha value is -0.510. The van der Waals surface area contributed by atoms with Gasteiger partial charge >= 0.3 is 0 Å². The fraction of sp³-hybridized carbons (Fsp3) is 0.0714. The molecule has 90 valence electrons. The van der Waals surface area contributed by atoms with Crippen molar-refractivity contribution in [2.45, 2.75) is 10.6 Å². The van der Waals surface area contributed by atoms with Crippen molar-refractivity contribution in [1.82, 2.24) is 0 Å². The van der Waals surface area contributed by atoms with Crippen molar-refractivity contribution in [1.29, 1.82) is 5.26 Å². The Morgan fingerprint density at radius 3 is 2.56 bits per heavy atom. The maximum atomic E-state index is 9.23. The summed E-state index contributed by atoms with van der Waals surface area (Å²) in [5, 5.41) is 9.23. The molecular formula is C14H9BrINS. The van der Waals surface area contributed by atoms with E-state index in [1.54, 1.807) is 11.8 Å². The highest BCUT2D eigenvalue weighted by Crippen LogP contribution is 2.35. The number of nitriles is 1. The lowest BCUT2D eigenvalue weighted by atomic mass is 10.2. The summed E-state index contributed by atoms with van der Waals surface area (Å²) in [5.41, 5.74) is 2.02. The lowest BCUT2D eigenvalue weighted by Gasteiger charge is -2.08. The van der Waals surface area contributed by atoms with Crippen LogP contribution in [0.3, 0.4) is 0 Å². The zero-order valence-corrected chi connectivity index (χ0v) is 13.9. The highest BCUT2D eigenvalue weighted by atomic mass is 127. The van der Waals surface area contributed by atoms with Crippen LogP contribution in [0.5, 0.6) is 0 Å². The molecule has 2 rings (SSSR count). The Morgan fingerprint density at radius 1 is 1.17 bits per heavy atom. The summed E-state index contributed by atoms with van der Waals surface area (Å²) in [6.07, 6.45) is 0. The van der Waals surface area contributed by atoms with Crippen molar-refractivity contribution in [3.8, 4) is 6.07 Å². The molecule has 2 aromatic rings. The van der Waals surface area contributed by atoms with Crippen LogP contribution in [0.2, 0.25) is 0 Å². The third-order valence-corrected chi connectivity index (χ3v) is 5.41. The molecule has 0 aliphatic rings. The first-order valence-corrected chi connectivity index (χ1v) is 8.13. The van der Waals surface area contributed by atoms with Gasteiger partial charge < -0.3 is 0 Å². The lowest BCUT2D eigenvalue weighted by molar-refractivity contribution is 1.29. The molecule has 0 heterocycles. The first kappa shape index (κ1) is 13.9. The first-order valence-electron chi connectivity index (χ1n) is 5.27. The number of hydrogen-bond acceptors (Lipinski definition) is 2. The van der Waals surface area contributed by atoms with Crippen LogP contribution in [0.4, 0.5) is 0 Å². The largest absolute Gasteiger partial charge is 0.192 e. The molecule has 0 spiro atoms. The summed E-state index contributed by atoms with van der Waals surface area (Å²) >= 11 is 7.41. The molecule has 0 radical (unpaired) electrons. The Bertz CT molecular complexity index is 593. The van der Waals surface area contributed by atoms with E-state index in [9.17, 15) is 5.26 Å². The van der Waals surface area contributed by atoms with Crippen LogP contribution >= 0.6 is 50.3 Å². The van der Waals surface area contributed by atoms with Gasteiger partial charge in [0.25, 0.3) is 0 Å². The van der Waals surface area contributed by atoms with E-state index in [0.29, 0.717) is 0 Å². The van der Waals surface area contributed by atoms with Gasteiger partial charge in [0, 0.05) is 18.7 Å². The van der Waals surface area contributed by atoms with E-state index in [-0.39, 0.29) is 0 Å². The highest BCUT2D eigenvalue weighted by molar-refractivity contribution is 14.1. The van der Waals surface area contributed by atoms with Gasteiger partial charge in [0.2, 0.25) is 0 Å². The normalized spacial score (nSPS) is 10.1. The molecule has 0 unspecified atom stereocenters. The van der Waals surface area contributed by atoms with Gasteiger partial charge in [-0.25, -0.2) is 0 Å². The maximum absolute atomic E-state index is 9.23. The molecule has 0 saturated heterocycles. The predicted octanol–water partition coefficient (Wildman–Crippen LogP) is 5.22. The van der Waals surface area contributed by atoms with Gasteiger partial charge in [-0.3, -0.25) is 0 Å². The molecule has 0 bridgehead atoms. The summed E-state index contributed by atoms with van der Waals surface area (Å²) in [6, 6.07) is 16.5. The van der Waals surface area contributed by atoms with Crippen LogP contribution in [0.15, 0.2) is 51.8 Å². The Kier molecular flexibility index (Phi) is 5.10. The van der Waals surface area contributed by atoms with Crippen molar-refractivity contribution < 1.29 is 0 Å². The standard InChI is InChI=1S/C14H9BrINS/c15-12-6-7-13(16)11(8-17)14(12)18-9-10-4-2-1-3-5-10/h1-7H,9H2. The van der Waals surface area contributed by atoms with Crippen molar-refractivity contribution in [3.63, 3.8) is 0 Å². The van der Waals surface area contributed by atoms with Crippen LogP contribution in [-0.2, 0) is 5.75 Å². The fourth-order valence-corrected chi connectivity index (χ4v) is 3.94. The second kappa shape index (κ2) is 6.60. The minimum atomic E-state index is 0.755. The van der Waals surface area contributed by atoms with E-state index in [1.807, 2.05) is 30.3 Å². The topological polar surface area (TPSA) is 23.8 Å². The summed E-state index contributed by atoms with van der Waals surface area (Å²) in [7, 11) is 0. The smallest absolute Gasteiger partial charge is 0.101 e. The third kappa shape index (κ3) is 3.28. The third-order valence-electron chi connectivity index (χ3n) is 2.40. The minimum absolute atomic E-state index is 0.755. The summed E-state index contributed by atoms with van der Waals surface area (Å²) in [6.45, 7) is 0. The molecule has 0 aliphatic heterocycles. The van der Waals surface area contributed by atoms with Crippen LogP contribution in [0, 0.1) is 14.9 Å². The summed E-state index contributed by atoms with van der Waals surface area (Å²) in [5.74, 6) is 0.869. The predicted molar refractivity (Wildman–Crippen MR) is 87.6 cm³/mol. The minimum Gasteiger partial charge on any atom is -0.192 e. The van der Waals surface area contributed by atoms with Crippen molar-refractivity contribution in [3.05, 3.63) is 61.6 Å². The Morgan fingerprint density at radius 2 is 1.89 bits per heavy atom. The van der Waals surface area contributed by atoms with E-state index in [4.69, 9.17) is 0 Å². The second-order valence-electron chi connectivity index (χ2n) is 3.62. The zero-order chi connectivity index (χ0) is 13.0. The van der Waals surface area contributed by atoms with E-state index < -0.39 is 0 Å². The monoisotopic (exact) mass is 429 g/mol. The molecule has 0 aliphatic carbocycles. The molecule has 0 saturated carbocycles. The number of benzene rings is 2. The van der Waals surface area contributed by atoms with E-state index in [0.717, 1.165) is 24.3 Å². The van der Waals surface area contributed by atoms with Gasteiger partial charge in [0.1, 0.15) is 6.07 Å². The highest BCUT2D eigenvalue weighted by Gasteiger charge is 2.11. The molecule has 2 aromatic carbocycles. The number of nitrogens with zero attached hydrogens (tertiary/aromatic N) is 1. The molecule has 0 atom stereocenters. The lowest BCUT2D eigenvalue weighted by Crippen LogP contribution is -1.89. The van der Waals surface area contributed by atoms with E-state index in [1.165, 1.54) is 5.56 Å². The molecule has 0 N–H and O–H groups in total. The molecule has 0 fully saturated rings. The van der Waals surface area contributed by atoms with Gasteiger partial charge in [-0.1, -0.05) is 30.3 Å². The molecular weight excluding hydrogens is 421 g/mol. The van der Waals surface area contributed by atoms with Crippen LogP contribution in [0.25, 0.3) is 0 Å². The van der Waals surface area contributed by atoms with Crippen LogP contribution < -0.4 is 0 Å². The fourth-order valence-electron chi connectivity index (χ4n) is 1.51. The summed E-state index contributed by atoms with van der Waals surface area (Å²) < 4.78 is 1.98. The van der Waals surface area contributed by atoms with Gasteiger partial charge in [-0.05, 0) is 56.2 Å². The summed E-state index contributed by atoms with van der Waals surface area (Å²) in [4.78, 5) is 1.02. The number of thioether (sulfide) groups is 1. The van der Waals surface area contributed by atoms with Crippen LogP contribution in [-0.4, -0.2) is 0 Å². The molecule has 0 amide bonds. The molecule has 0 aromatic heterocycles. The van der Waals surface area contributed by atoms with Crippen molar-refractivity contribution in [2.75, 3.05) is 0 Å². The van der Waals surface area contributed by atoms with E-state index >= 15 is 0 Å². The van der Waals surface area contributed by atoms with Crippen LogP contribution in [0.1, 0.15) is 11.1 Å². The SMILES string of the molecule is N#Cc1c(I)ccc(Br)c1SCc1ccccc1. The van der Waals surface area contributed by atoms with Gasteiger partial charge in [0.15, 0.2) is 0 Å². The average molecular weight is 430 g/mol. The number of halogens is 2. The first-order chi connectivity index (χ1) is 8.72. The van der Waals surface area contributed by atoms with Gasteiger partial charge in [0.05, 0.1) is 5.56 Å². The molecule has 4 heteroatoms. The van der Waals surface area contributed by atoms with Gasteiger partial charge in [-0.2, -0.15) is 5.26 Å². The Labute approximate surface area is 133 Å². The van der Waals surface area contributed by atoms with Crippen molar-refractivity contribution in [2.24, 2.45) is 0 Å². The van der Waals surface area contributed by atoms with E-state index in [2.05, 4.69) is 56.7 Å². The molecule has 1 nitrogen and oxygen atoms in total. The second-order valence-corrected chi connectivity index (χ2v) is 6.62.